The predicted molar refractivity (Wildman–Crippen MR) is 82.6 cm³/mol. The summed E-state index contributed by atoms with van der Waals surface area (Å²) in [7, 11) is 0. The molecule has 0 aliphatic carbocycles. The Balaban J connectivity index is 2.01. The first-order valence-corrected chi connectivity index (χ1v) is 7.78. The molecule has 19 heavy (non-hydrogen) atoms. The van der Waals surface area contributed by atoms with Gasteiger partial charge in [0.15, 0.2) is 0 Å². The van der Waals surface area contributed by atoms with Crippen LogP contribution in [0.25, 0.3) is 0 Å². The molecule has 3 nitrogen and oxygen atoms in total. The van der Waals surface area contributed by atoms with Crippen LogP contribution in [-0.4, -0.2) is 16.5 Å². The quantitative estimate of drug-likeness (QED) is 0.625. The van der Waals surface area contributed by atoms with Gasteiger partial charge in [-0.05, 0) is 20.3 Å². The van der Waals surface area contributed by atoms with Crippen molar-refractivity contribution in [3.05, 3.63) is 17.6 Å². The van der Waals surface area contributed by atoms with Crippen LogP contribution in [0.5, 0.6) is 0 Å². The summed E-state index contributed by atoms with van der Waals surface area (Å²) in [4.78, 5) is 8.66. The third-order valence-electron chi connectivity index (χ3n) is 3.30. The van der Waals surface area contributed by atoms with Crippen molar-refractivity contribution in [3.8, 4) is 0 Å². The third-order valence-corrected chi connectivity index (χ3v) is 3.30. The first-order chi connectivity index (χ1) is 9.22. The lowest BCUT2D eigenvalue weighted by Gasteiger charge is -2.07. The molecule has 0 fully saturated rings. The Kier molecular flexibility index (Phi) is 8.19. The van der Waals surface area contributed by atoms with Gasteiger partial charge >= 0.3 is 0 Å². The van der Waals surface area contributed by atoms with E-state index < -0.39 is 0 Å². The largest absolute Gasteiger partial charge is 0.370 e. The second-order valence-electron chi connectivity index (χ2n) is 5.34. The van der Waals surface area contributed by atoms with Crippen molar-refractivity contribution in [2.24, 2.45) is 0 Å². The SMILES string of the molecule is CCCCCCCCCCNc1cc(C)nc(C)n1. The summed E-state index contributed by atoms with van der Waals surface area (Å²) >= 11 is 0. The number of hydrogen-bond acceptors (Lipinski definition) is 3. The summed E-state index contributed by atoms with van der Waals surface area (Å²) in [6.07, 6.45) is 10.9. The summed E-state index contributed by atoms with van der Waals surface area (Å²) < 4.78 is 0. The van der Waals surface area contributed by atoms with E-state index in [1.165, 1.54) is 51.4 Å². The minimum atomic E-state index is 0.846. The van der Waals surface area contributed by atoms with Gasteiger partial charge in [-0.1, -0.05) is 51.9 Å². The molecule has 1 aromatic heterocycles. The maximum absolute atomic E-state index is 4.38. The van der Waals surface area contributed by atoms with Gasteiger partial charge in [0.1, 0.15) is 11.6 Å². The smallest absolute Gasteiger partial charge is 0.129 e. The zero-order valence-corrected chi connectivity index (χ0v) is 12.8. The fourth-order valence-electron chi connectivity index (χ4n) is 2.28. The van der Waals surface area contributed by atoms with Crippen molar-refractivity contribution in [1.82, 2.24) is 9.97 Å². The molecule has 3 heteroatoms. The Morgan fingerprint density at radius 3 is 2.16 bits per heavy atom. The minimum Gasteiger partial charge on any atom is -0.370 e. The summed E-state index contributed by atoms with van der Waals surface area (Å²) in [5.74, 6) is 1.81. The number of nitrogens with one attached hydrogen (secondary N) is 1. The Hall–Kier alpha value is -1.12. The number of anilines is 1. The van der Waals surface area contributed by atoms with Crippen LogP contribution in [-0.2, 0) is 0 Å². The molecular formula is C16H29N3. The van der Waals surface area contributed by atoms with Crippen LogP contribution in [0.2, 0.25) is 0 Å². The van der Waals surface area contributed by atoms with Crippen LogP contribution in [0.1, 0.15) is 69.8 Å². The molecule has 0 spiro atoms. The molecule has 1 N–H and O–H groups in total. The zero-order valence-electron chi connectivity index (χ0n) is 12.8. The topological polar surface area (TPSA) is 37.8 Å². The van der Waals surface area contributed by atoms with Crippen molar-refractivity contribution in [2.45, 2.75) is 72.1 Å². The van der Waals surface area contributed by atoms with Crippen LogP contribution >= 0.6 is 0 Å². The highest BCUT2D eigenvalue weighted by Crippen LogP contribution is 2.09. The lowest BCUT2D eigenvalue weighted by atomic mass is 10.1. The molecule has 0 aliphatic rings. The van der Waals surface area contributed by atoms with E-state index in [9.17, 15) is 0 Å². The Morgan fingerprint density at radius 2 is 1.53 bits per heavy atom. The van der Waals surface area contributed by atoms with Crippen molar-refractivity contribution < 1.29 is 0 Å². The molecule has 0 aliphatic heterocycles. The van der Waals surface area contributed by atoms with Crippen molar-refractivity contribution in [1.29, 1.82) is 0 Å². The highest BCUT2D eigenvalue weighted by molar-refractivity contribution is 5.35. The van der Waals surface area contributed by atoms with Gasteiger partial charge in [-0.15, -0.1) is 0 Å². The lowest BCUT2D eigenvalue weighted by Crippen LogP contribution is -2.05. The first kappa shape index (κ1) is 15.9. The van der Waals surface area contributed by atoms with Crippen LogP contribution in [0.15, 0.2) is 6.07 Å². The summed E-state index contributed by atoms with van der Waals surface area (Å²) in [5, 5.41) is 3.39. The maximum atomic E-state index is 4.38. The van der Waals surface area contributed by atoms with Gasteiger partial charge in [0.25, 0.3) is 0 Å². The molecule has 1 heterocycles. The average molecular weight is 263 g/mol. The van der Waals surface area contributed by atoms with Crippen LogP contribution in [0.3, 0.4) is 0 Å². The van der Waals surface area contributed by atoms with Crippen LogP contribution < -0.4 is 5.32 Å². The van der Waals surface area contributed by atoms with Crippen molar-refractivity contribution in [2.75, 3.05) is 11.9 Å². The second kappa shape index (κ2) is 9.76. The highest BCUT2D eigenvalue weighted by atomic mass is 15.0. The molecule has 0 amide bonds. The van der Waals surface area contributed by atoms with Gasteiger partial charge in [0.05, 0.1) is 0 Å². The highest BCUT2D eigenvalue weighted by Gasteiger charge is 1.97. The van der Waals surface area contributed by atoms with E-state index in [2.05, 4.69) is 22.2 Å². The number of hydrogen-bond donors (Lipinski definition) is 1. The van der Waals surface area contributed by atoms with E-state index >= 15 is 0 Å². The molecule has 0 saturated carbocycles. The molecule has 0 atom stereocenters. The minimum absolute atomic E-state index is 0.846. The summed E-state index contributed by atoms with van der Waals surface area (Å²) in [6, 6.07) is 2.01. The standard InChI is InChI=1S/C16H29N3/c1-4-5-6-7-8-9-10-11-12-17-16-13-14(2)18-15(3)19-16/h13H,4-12H2,1-3H3,(H,17,18,19). The second-order valence-corrected chi connectivity index (χ2v) is 5.34. The molecule has 1 rings (SSSR count). The summed E-state index contributed by atoms with van der Waals surface area (Å²) in [6.45, 7) is 7.23. The van der Waals surface area contributed by atoms with Crippen LogP contribution in [0.4, 0.5) is 5.82 Å². The monoisotopic (exact) mass is 263 g/mol. The van der Waals surface area contributed by atoms with E-state index in [1.807, 2.05) is 19.9 Å². The van der Waals surface area contributed by atoms with E-state index in [0.29, 0.717) is 0 Å². The molecule has 0 aromatic carbocycles. The fraction of sp³-hybridized carbons (Fsp3) is 0.750. The van der Waals surface area contributed by atoms with E-state index in [1.54, 1.807) is 0 Å². The Labute approximate surface area is 118 Å². The number of aromatic nitrogens is 2. The van der Waals surface area contributed by atoms with Crippen LogP contribution in [0, 0.1) is 13.8 Å². The van der Waals surface area contributed by atoms with Crippen molar-refractivity contribution in [3.63, 3.8) is 0 Å². The number of unbranched alkanes of at least 4 members (excludes halogenated alkanes) is 7. The van der Waals surface area contributed by atoms with Gasteiger partial charge < -0.3 is 5.32 Å². The predicted octanol–water partition coefficient (Wildman–Crippen LogP) is 4.65. The van der Waals surface area contributed by atoms with Gasteiger partial charge in [-0.25, -0.2) is 9.97 Å². The number of rotatable bonds is 10. The molecule has 108 valence electrons. The Bertz CT molecular complexity index is 330. The van der Waals surface area contributed by atoms with Gasteiger partial charge in [0, 0.05) is 18.3 Å². The fourth-order valence-corrected chi connectivity index (χ4v) is 2.28. The van der Waals surface area contributed by atoms with Gasteiger partial charge in [-0.2, -0.15) is 0 Å². The summed E-state index contributed by atoms with van der Waals surface area (Å²) in [5.41, 5.74) is 1.03. The molecule has 0 radical (unpaired) electrons. The molecular weight excluding hydrogens is 234 g/mol. The molecule has 0 saturated heterocycles. The average Bonchev–Trinajstić information content (AvgIpc) is 2.36. The first-order valence-electron chi connectivity index (χ1n) is 7.78. The molecule has 0 unspecified atom stereocenters. The van der Waals surface area contributed by atoms with E-state index in [0.717, 1.165) is 23.9 Å². The van der Waals surface area contributed by atoms with Crippen molar-refractivity contribution >= 4 is 5.82 Å². The van der Waals surface area contributed by atoms with E-state index in [4.69, 9.17) is 0 Å². The zero-order chi connectivity index (χ0) is 13.9. The Morgan fingerprint density at radius 1 is 0.895 bits per heavy atom. The molecule has 0 bridgehead atoms. The third kappa shape index (κ3) is 7.81. The maximum Gasteiger partial charge on any atom is 0.129 e. The number of aryl methyl sites for hydroxylation is 2. The molecule has 1 aromatic rings. The van der Waals surface area contributed by atoms with Gasteiger partial charge in [0.2, 0.25) is 0 Å². The number of nitrogens with zero attached hydrogens (tertiary/aromatic N) is 2. The van der Waals surface area contributed by atoms with Gasteiger partial charge in [-0.3, -0.25) is 0 Å². The van der Waals surface area contributed by atoms with E-state index in [-0.39, 0.29) is 0 Å². The lowest BCUT2D eigenvalue weighted by molar-refractivity contribution is 0.581. The normalized spacial score (nSPS) is 10.7.